The van der Waals surface area contributed by atoms with Gasteiger partial charge in [0.2, 0.25) is 0 Å². The zero-order chi connectivity index (χ0) is 17.7. The fourth-order valence-corrected chi connectivity index (χ4v) is 1.86. The monoisotopic (exact) mass is 327 g/mol. The molecule has 0 saturated heterocycles. The highest BCUT2D eigenvalue weighted by molar-refractivity contribution is 6.04. The van der Waals surface area contributed by atoms with Crippen molar-refractivity contribution in [3.05, 3.63) is 53.9 Å². The van der Waals surface area contributed by atoms with Crippen LogP contribution in [0.2, 0.25) is 0 Å². The molecule has 6 nitrogen and oxygen atoms in total. The molecule has 6 heteroatoms. The summed E-state index contributed by atoms with van der Waals surface area (Å²) in [6, 6.07) is 10.3. The topological polar surface area (TPSA) is 80.3 Å². The largest absolute Gasteiger partial charge is 0.444 e. The van der Waals surface area contributed by atoms with Crippen LogP contribution in [0.1, 0.15) is 36.8 Å². The van der Waals surface area contributed by atoms with E-state index < -0.39 is 11.7 Å². The highest BCUT2D eigenvalue weighted by atomic mass is 16.6. The van der Waals surface area contributed by atoms with Gasteiger partial charge in [0.05, 0.1) is 5.56 Å². The van der Waals surface area contributed by atoms with Crippen LogP contribution >= 0.6 is 0 Å². The van der Waals surface area contributed by atoms with Gasteiger partial charge in [0, 0.05) is 23.3 Å². The summed E-state index contributed by atoms with van der Waals surface area (Å²) in [5.41, 5.74) is 1.98. The molecule has 0 aliphatic rings. The van der Waals surface area contributed by atoms with E-state index in [-0.39, 0.29) is 5.91 Å². The predicted octanol–water partition coefficient (Wildman–Crippen LogP) is 3.99. The van der Waals surface area contributed by atoms with Gasteiger partial charge in [-0.1, -0.05) is 0 Å². The fraction of sp³-hybridized carbons (Fsp3) is 0.278. The number of hydrogen-bond donors (Lipinski definition) is 2. The standard InChI is InChI=1S/C18H21N3O3/c1-12-5-6-13(11-19-12)16(22)20-14-7-9-15(10-8-14)21-17(23)24-18(2,3)4/h5-11H,1-4H3,(H,20,22)(H,21,23). The van der Waals surface area contributed by atoms with Crippen molar-refractivity contribution in [1.29, 1.82) is 0 Å². The van der Waals surface area contributed by atoms with E-state index in [1.807, 2.05) is 6.92 Å². The molecule has 2 N–H and O–H groups in total. The van der Waals surface area contributed by atoms with Crippen LogP contribution in [0.25, 0.3) is 0 Å². The van der Waals surface area contributed by atoms with E-state index in [9.17, 15) is 9.59 Å². The minimum atomic E-state index is -0.555. The predicted molar refractivity (Wildman–Crippen MR) is 93.2 cm³/mol. The Hall–Kier alpha value is -2.89. The Morgan fingerprint density at radius 3 is 2.04 bits per heavy atom. The smallest absolute Gasteiger partial charge is 0.412 e. The molecule has 0 atom stereocenters. The zero-order valence-electron chi connectivity index (χ0n) is 14.2. The molecule has 1 heterocycles. The third-order valence-electron chi connectivity index (χ3n) is 2.96. The number of aryl methyl sites for hydroxylation is 1. The molecular formula is C18H21N3O3. The van der Waals surface area contributed by atoms with E-state index in [1.54, 1.807) is 57.2 Å². The molecule has 0 aliphatic carbocycles. The van der Waals surface area contributed by atoms with Gasteiger partial charge in [-0.2, -0.15) is 0 Å². The van der Waals surface area contributed by atoms with Gasteiger partial charge in [-0.25, -0.2) is 4.79 Å². The molecule has 126 valence electrons. The Bertz CT molecular complexity index is 717. The molecule has 1 aromatic heterocycles. The van der Waals surface area contributed by atoms with Gasteiger partial charge in [0.25, 0.3) is 5.91 Å². The lowest BCUT2D eigenvalue weighted by Gasteiger charge is -2.19. The summed E-state index contributed by atoms with van der Waals surface area (Å²) >= 11 is 0. The molecule has 2 rings (SSSR count). The van der Waals surface area contributed by atoms with Gasteiger partial charge >= 0.3 is 6.09 Å². The maximum atomic E-state index is 12.1. The molecule has 0 aliphatic heterocycles. The Labute approximate surface area is 141 Å². The van der Waals surface area contributed by atoms with Crippen LogP contribution < -0.4 is 10.6 Å². The second kappa shape index (κ2) is 7.12. The first-order valence-corrected chi connectivity index (χ1v) is 7.57. The summed E-state index contributed by atoms with van der Waals surface area (Å²) in [5.74, 6) is -0.240. The summed E-state index contributed by atoms with van der Waals surface area (Å²) in [6.45, 7) is 7.25. The molecule has 1 aromatic carbocycles. The number of pyridine rings is 1. The van der Waals surface area contributed by atoms with Crippen molar-refractivity contribution in [2.75, 3.05) is 10.6 Å². The van der Waals surface area contributed by atoms with Crippen molar-refractivity contribution >= 4 is 23.4 Å². The lowest BCUT2D eigenvalue weighted by molar-refractivity contribution is 0.0635. The van der Waals surface area contributed by atoms with E-state index in [2.05, 4.69) is 15.6 Å². The molecule has 0 fully saturated rings. The minimum Gasteiger partial charge on any atom is -0.444 e. The Kier molecular flexibility index (Phi) is 5.18. The number of anilines is 2. The van der Waals surface area contributed by atoms with Crippen molar-refractivity contribution in [2.45, 2.75) is 33.3 Å². The fourth-order valence-electron chi connectivity index (χ4n) is 1.86. The van der Waals surface area contributed by atoms with E-state index in [1.165, 1.54) is 6.20 Å². The number of amides is 2. The second-order valence-electron chi connectivity index (χ2n) is 6.35. The number of ether oxygens (including phenoxy) is 1. The Morgan fingerprint density at radius 2 is 1.54 bits per heavy atom. The van der Waals surface area contributed by atoms with Crippen LogP contribution in [0.4, 0.5) is 16.2 Å². The van der Waals surface area contributed by atoms with E-state index in [4.69, 9.17) is 4.74 Å². The van der Waals surface area contributed by atoms with Gasteiger partial charge in [-0.15, -0.1) is 0 Å². The molecule has 0 bridgehead atoms. The quantitative estimate of drug-likeness (QED) is 0.893. The number of hydrogen-bond acceptors (Lipinski definition) is 4. The van der Waals surface area contributed by atoms with Crippen LogP contribution in [0.15, 0.2) is 42.6 Å². The summed E-state index contributed by atoms with van der Waals surface area (Å²) in [6.07, 6.45) is 1.01. The molecule has 2 aromatic rings. The highest BCUT2D eigenvalue weighted by Crippen LogP contribution is 2.16. The van der Waals surface area contributed by atoms with Crippen molar-refractivity contribution in [3.8, 4) is 0 Å². The third-order valence-corrected chi connectivity index (χ3v) is 2.96. The first-order valence-electron chi connectivity index (χ1n) is 7.57. The maximum Gasteiger partial charge on any atom is 0.412 e. The van der Waals surface area contributed by atoms with E-state index in [0.717, 1.165) is 5.69 Å². The molecule has 0 spiro atoms. The average molecular weight is 327 g/mol. The number of carbonyl (C=O) groups is 2. The first kappa shape index (κ1) is 17.5. The van der Waals surface area contributed by atoms with Gasteiger partial charge in [0.1, 0.15) is 5.60 Å². The van der Waals surface area contributed by atoms with Crippen LogP contribution in [-0.4, -0.2) is 22.6 Å². The lowest BCUT2D eigenvalue weighted by Crippen LogP contribution is -2.27. The number of aromatic nitrogens is 1. The van der Waals surface area contributed by atoms with Crippen molar-refractivity contribution in [3.63, 3.8) is 0 Å². The minimum absolute atomic E-state index is 0.240. The average Bonchev–Trinajstić information content (AvgIpc) is 2.48. The van der Waals surface area contributed by atoms with Gasteiger partial charge in [-0.3, -0.25) is 15.1 Å². The first-order chi connectivity index (χ1) is 11.2. The highest BCUT2D eigenvalue weighted by Gasteiger charge is 2.16. The number of nitrogens with zero attached hydrogens (tertiary/aromatic N) is 1. The molecule has 0 unspecified atom stereocenters. The van der Waals surface area contributed by atoms with E-state index in [0.29, 0.717) is 16.9 Å². The van der Waals surface area contributed by atoms with Crippen molar-refractivity contribution < 1.29 is 14.3 Å². The van der Waals surface area contributed by atoms with Gasteiger partial charge in [-0.05, 0) is 64.1 Å². The van der Waals surface area contributed by atoms with Crippen LogP contribution in [0.5, 0.6) is 0 Å². The number of nitrogens with one attached hydrogen (secondary N) is 2. The van der Waals surface area contributed by atoms with Gasteiger partial charge < -0.3 is 10.1 Å². The van der Waals surface area contributed by atoms with Crippen LogP contribution in [0.3, 0.4) is 0 Å². The van der Waals surface area contributed by atoms with Crippen LogP contribution in [0, 0.1) is 6.92 Å². The summed E-state index contributed by atoms with van der Waals surface area (Å²) < 4.78 is 5.18. The molecule has 0 radical (unpaired) electrons. The van der Waals surface area contributed by atoms with Gasteiger partial charge in [0.15, 0.2) is 0 Å². The van der Waals surface area contributed by atoms with Crippen molar-refractivity contribution in [1.82, 2.24) is 4.98 Å². The number of carbonyl (C=O) groups excluding carboxylic acids is 2. The second-order valence-corrected chi connectivity index (χ2v) is 6.35. The third kappa shape index (κ3) is 5.39. The summed E-state index contributed by atoms with van der Waals surface area (Å²) in [7, 11) is 0. The number of rotatable bonds is 3. The molecular weight excluding hydrogens is 306 g/mol. The number of benzene rings is 1. The maximum absolute atomic E-state index is 12.1. The Balaban J connectivity index is 1.95. The normalized spacial score (nSPS) is 10.8. The summed E-state index contributed by atoms with van der Waals surface area (Å²) in [4.78, 5) is 27.9. The SMILES string of the molecule is Cc1ccc(C(=O)Nc2ccc(NC(=O)OC(C)(C)C)cc2)cn1. The lowest BCUT2D eigenvalue weighted by atomic mass is 10.2. The molecule has 0 saturated carbocycles. The van der Waals surface area contributed by atoms with E-state index >= 15 is 0 Å². The summed E-state index contributed by atoms with van der Waals surface area (Å²) in [5, 5.41) is 5.41. The Morgan fingerprint density at radius 1 is 0.958 bits per heavy atom. The van der Waals surface area contributed by atoms with Crippen molar-refractivity contribution in [2.24, 2.45) is 0 Å². The zero-order valence-corrected chi connectivity index (χ0v) is 14.2. The molecule has 2 amide bonds. The molecule has 24 heavy (non-hydrogen) atoms. The van der Waals surface area contributed by atoms with Crippen LogP contribution in [-0.2, 0) is 4.74 Å².